The van der Waals surface area contributed by atoms with Gasteiger partial charge < -0.3 is 15.1 Å². The summed E-state index contributed by atoms with van der Waals surface area (Å²) in [5, 5.41) is 14.7. The van der Waals surface area contributed by atoms with E-state index in [1.54, 1.807) is 0 Å². The minimum absolute atomic E-state index is 0.00562. The quantitative estimate of drug-likeness (QED) is 0.883. The fourth-order valence-corrected chi connectivity index (χ4v) is 1.96. The van der Waals surface area contributed by atoms with E-state index in [9.17, 15) is 4.79 Å². The number of hydrogen-bond acceptors (Lipinski definition) is 5. The molecule has 0 saturated heterocycles. The van der Waals surface area contributed by atoms with Gasteiger partial charge in [0.2, 0.25) is 23.4 Å². The molecule has 0 aliphatic carbocycles. The molecule has 1 amide bonds. The molecule has 1 heterocycles. The molecule has 0 bridgehead atoms. The van der Waals surface area contributed by atoms with Crippen molar-refractivity contribution in [3.8, 4) is 6.07 Å². The topological polar surface area (TPSA) is 90.9 Å². The molecular weight excluding hydrogens is 292 g/mol. The van der Waals surface area contributed by atoms with E-state index in [1.807, 2.05) is 52.0 Å². The third-order valence-corrected chi connectivity index (χ3v) is 3.44. The average Bonchev–Trinajstić information content (AvgIpc) is 2.92. The van der Waals surface area contributed by atoms with Crippen LogP contribution in [0.3, 0.4) is 0 Å². The fourth-order valence-electron chi connectivity index (χ4n) is 1.96. The lowest BCUT2D eigenvalue weighted by Crippen LogP contribution is -2.21. The molecule has 1 aromatic carbocycles. The van der Waals surface area contributed by atoms with E-state index >= 15 is 0 Å². The molecule has 2 aromatic rings. The number of nitrogens with zero attached hydrogens (tertiary/aromatic N) is 2. The number of amides is 1. The summed E-state index contributed by atoms with van der Waals surface area (Å²) in [7, 11) is 0. The first-order valence-electron chi connectivity index (χ1n) is 7.42. The van der Waals surface area contributed by atoms with Gasteiger partial charge in [-0.3, -0.25) is 4.79 Å². The lowest BCUT2D eigenvalue weighted by Gasteiger charge is -2.08. The number of aryl methyl sites for hydroxylation is 2. The molecule has 0 saturated carbocycles. The second-order valence-corrected chi connectivity index (χ2v) is 5.70. The first kappa shape index (κ1) is 16.6. The van der Waals surface area contributed by atoms with Gasteiger partial charge in [0, 0.05) is 11.6 Å². The summed E-state index contributed by atoms with van der Waals surface area (Å²) in [6.45, 7) is 7.84. The Labute approximate surface area is 135 Å². The summed E-state index contributed by atoms with van der Waals surface area (Å²) in [5.41, 5.74) is 3.18. The van der Waals surface area contributed by atoms with Crippen molar-refractivity contribution < 1.29 is 9.21 Å². The Balaban J connectivity index is 1.99. The Morgan fingerprint density at radius 1 is 1.35 bits per heavy atom. The summed E-state index contributed by atoms with van der Waals surface area (Å²) in [5.74, 6) is 0.548. The molecule has 2 N–H and O–H groups in total. The van der Waals surface area contributed by atoms with E-state index < -0.39 is 0 Å². The Bertz CT molecular complexity index is 756. The molecule has 0 aliphatic rings. The Morgan fingerprint density at radius 2 is 2.09 bits per heavy atom. The van der Waals surface area contributed by atoms with Crippen molar-refractivity contribution in [1.29, 1.82) is 5.26 Å². The number of rotatable bonds is 5. The summed E-state index contributed by atoms with van der Waals surface area (Å²) in [4.78, 5) is 16.1. The maximum Gasteiger partial charge on any atom is 0.243 e. The van der Waals surface area contributed by atoms with Crippen molar-refractivity contribution in [2.45, 2.75) is 33.6 Å². The number of benzene rings is 1. The van der Waals surface area contributed by atoms with Crippen LogP contribution in [0.1, 0.15) is 42.5 Å². The van der Waals surface area contributed by atoms with Crippen molar-refractivity contribution in [2.24, 2.45) is 0 Å². The van der Waals surface area contributed by atoms with Gasteiger partial charge >= 0.3 is 0 Å². The second-order valence-electron chi connectivity index (χ2n) is 5.70. The molecular formula is C17H20N4O2. The molecule has 120 valence electrons. The molecule has 6 nitrogen and oxygen atoms in total. The number of nitriles is 1. The third kappa shape index (κ3) is 4.10. The summed E-state index contributed by atoms with van der Waals surface area (Å²) in [6, 6.07) is 7.68. The number of aromatic nitrogens is 1. The number of anilines is 2. The van der Waals surface area contributed by atoms with Crippen LogP contribution >= 0.6 is 0 Å². The van der Waals surface area contributed by atoms with Gasteiger partial charge in [-0.2, -0.15) is 5.26 Å². The average molecular weight is 312 g/mol. The highest BCUT2D eigenvalue weighted by molar-refractivity contribution is 5.93. The van der Waals surface area contributed by atoms with Crippen molar-refractivity contribution >= 4 is 17.5 Å². The van der Waals surface area contributed by atoms with Gasteiger partial charge in [0.1, 0.15) is 6.07 Å². The first-order chi connectivity index (χ1) is 10.9. The number of hydrogen-bond donors (Lipinski definition) is 2. The molecule has 0 fully saturated rings. The predicted octanol–water partition coefficient (Wildman–Crippen LogP) is 3.34. The minimum atomic E-state index is -0.223. The van der Waals surface area contributed by atoms with E-state index in [4.69, 9.17) is 9.68 Å². The second kappa shape index (κ2) is 6.97. The van der Waals surface area contributed by atoms with Crippen LogP contribution in [0.15, 0.2) is 22.6 Å². The molecule has 6 heteroatoms. The highest BCUT2D eigenvalue weighted by Crippen LogP contribution is 2.22. The zero-order chi connectivity index (χ0) is 17.0. The van der Waals surface area contributed by atoms with E-state index in [2.05, 4.69) is 15.6 Å². The lowest BCUT2D eigenvalue weighted by atomic mass is 10.1. The molecule has 0 aliphatic heterocycles. The Hall–Kier alpha value is -2.81. The van der Waals surface area contributed by atoms with Crippen LogP contribution in [0.2, 0.25) is 0 Å². The Kier molecular flexibility index (Phi) is 5.02. The molecule has 0 atom stereocenters. The molecule has 0 spiro atoms. The fraction of sp³-hybridized carbons (Fsp3) is 0.353. The van der Waals surface area contributed by atoms with Crippen LogP contribution in [-0.2, 0) is 4.79 Å². The molecule has 0 radical (unpaired) electrons. The van der Waals surface area contributed by atoms with Gasteiger partial charge in [0.15, 0.2) is 0 Å². The van der Waals surface area contributed by atoms with Crippen LogP contribution in [-0.4, -0.2) is 17.4 Å². The van der Waals surface area contributed by atoms with Crippen molar-refractivity contribution in [1.82, 2.24) is 4.98 Å². The largest absolute Gasteiger partial charge is 0.424 e. The van der Waals surface area contributed by atoms with E-state index in [-0.39, 0.29) is 29.9 Å². The summed E-state index contributed by atoms with van der Waals surface area (Å²) < 4.78 is 5.48. The van der Waals surface area contributed by atoms with Crippen LogP contribution in [0.5, 0.6) is 0 Å². The smallest absolute Gasteiger partial charge is 0.243 e. The van der Waals surface area contributed by atoms with Gasteiger partial charge in [0.05, 0.1) is 6.54 Å². The number of oxazole rings is 1. The zero-order valence-corrected chi connectivity index (χ0v) is 13.7. The van der Waals surface area contributed by atoms with Crippen molar-refractivity contribution in [3.05, 3.63) is 40.9 Å². The van der Waals surface area contributed by atoms with Gasteiger partial charge in [-0.05, 0) is 37.1 Å². The zero-order valence-electron chi connectivity index (χ0n) is 13.7. The van der Waals surface area contributed by atoms with Crippen LogP contribution < -0.4 is 10.6 Å². The maximum atomic E-state index is 12.0. The number of carbonyl (C=O) groups is 1. The molecule has 1 aromatic heterocycles. The normalized spacial score (nSPS) is 10.4. The standard InChI is InChI=1S/C17H20N4O2/c1-10(2)16-21-14(8-18)17(23-16)19-9-15(22)20-13-6-5-11(3)12(4)7-13/h5-7,10,19H,9H2,1-4H3,(H,20,22). The van der Waals surface area contributed by atoms with Crippen LogP contribution in [0.4, 0.5) is 11.6 Å². The highest BCUT2D eigenvalue weighted by Gasteiger charge is 2.16. The van der Waals surface area contributed by atoms with E-state index in [0.29, 0.717) is 5.89 Å². The van der Waals surface area contributed by atoms with E-state index in [1.165, 1.54) is 5.56 Å². The first-order valence-corrected chi connectivity index (χ1v) is 7.42. The molecule has 2 rings (SSSR count). The van der Waals surface area contributed by atoms with Gasteiger partial charge in [-0.15, -0.1) is 0 Å². The summed E-state index contributed by atoms with van der Waals surface area (Å²) in [6.07, 6.45) is 0. The van der Waals surface area contributed by atoms with Gasteiger partial charge in [-0.25, -0.2) is 4.98 Å². The van der Waals surface area contributed by atoms with Gasteiger partial charge in [-0.1, -0.05) is 19.9 Å². The van der Waals surface area contributed by atoms with Gasteiger partial charge in [0.25, 0.3) is 0 Å². The van der Waals surface area contributed by atoms with Crippen LogP contribution in [0.25, 0.3) is 0 Å². The van der Waals surface area contributed by atoms with Crippen LogP contribution in [0, 0.1) is 25.2 Å². The number of carbonyl (C=O) groups excluding carboxylic acids is 1. The van der Waals surface area contributed by atoms with Crippen molar-refractivity contribution in [2.75, 3.05) is 17.2 Å². The highest BCUT2D eigenvalue weighted by atomic mass is 16.4. The molecule has 23 heavy (non-hydrogen) atoms. The lowest BCUT2D eigenvalue weighted by molar-refractivity contribution is -0.114. The predicted molar refractivity (Wildman–Crippen MR) is 88.3 cm³/mol. The van der Waals surface area contributed by atoms with Crippen molar-refractivity contribution in [3.63, 3.8) is 0 Å². The maximum absolute atomic E-state index is 12.0. The minimum Gasteiger partial charge on any atom is -0.424 e. The number of nitrogens with one attached hydrogen (secondary N) is 2. The Morgan fingerprint density at radius 3 is 2.70 bits per heavy atom. The summed E-state index contributed by atoms with van der Waals surface area (Å²) >= 11 is 0. The van der Waals surface area contributed by atoms with E-state index in [0.717, 1.165) is 11.3 Å². The molecule has 0 unspecified atom stereocenters. The third-order valence-electron chi connectivity index (χ3n) is 3.44. The SMILES string of the molecule is Cc1ccc(NC(=O)CNc2oc(C(C)C)nc2C#N)cc1C. The monoisotopic (exact) mass is 312 g/mol.